The van der Waals surface area contributed by atoms with Crippen molar-refractivity contribution >= 4 is 6.71 Å². The predicted octanol–water partition coefficient (Wildman–Crippen LogP) is 4.88. The van der Waals surface area contributed by atoms with Gasteiger partial charge in [-0.2, -0.15) is 0 Å². The van der Waals surface area contributed by atoms with E-state index in [9.17, 15) is 0 Å². The van der Waals surface area contributed by atoms with E-state index in [4.69, 9.17) is 0 Å². The van der Waals surface area contributed by atoms with Crippen LogP contribution in [0.4, 0.5) is 0 Å². The van der Waals surface area contributed by atoms with Crippen LogP contribution in [0.1, 0.15) is 60.8 Å². The molecule has 0 unspecified atom stereocenters. The Bertz CT molecular complexity index is 98.5. The minimum absolute atomic E-state index is 0.893. The van der Waals surface area contributed by atoms with Crippen LogP contribution in [0.3, 0.4) is 0 Å². The highest BCUT2D eigenvalue weighted by Gasteiger charge is 2.29. The van der Waals surface area contributed by atoms with Crippen molar-refractivity contribution in [3.05, 3.63) is 0 Å². The SMILES string of the molecule is CC[C@@H](C)B([C@H](C)CC)[C@H](C)CC. The van der Waals surface area contributed by atoms with E-state index in [1.165, 1.54) is 19.3 Å². The predicted molar refractivity (Wildman–Crippen MR) is 64.9 cm³/mol. The molecule has 0 aromatic rings. The van der Waals surface area contributed by atoms with Gasteiger partial charge in [-0.1, -0.05) is 78.3 Å². The molecule has 13 heavy (non-hydrogen) atoms. The average molecular weight is 182 g/mol. The van der Waals surface area contributed by atoms with Crippen molar-refractivity contribution in [3.8, 4) is 0 Å². The zero-order valence-electron chi connectivity index (χ0n) is 10.4. The summed E-state index contributed by atoms with van der Waals surface area (Å²) in [7, 11) is 0. The number of hydrogen-bond donors (Lipinski definition) is 0. The molecule has 0 radical (unpaired) electrons. The van der Waals surface area contributed by atoms with Gasteiger partial charge in [0.15, 0.2) is 0 Å². The van der Waals surface area contributed by atoms with Crippen molar-refractivity contribution in [2.45, 2.75) is 78.3 Å². The average Bonchev–Trinajstić information content (AvgIpc) is 2.16. The van der Waals surface area contributed by atoms with Crippen molar-refractivity contribution in [2.75, 3.05) is 0 Å². The van der Waals surface area contributed by atoms with Crippen LogP contribution in [0.5, 0.6) is 0 Å². The lowest BCUT2D eigenvalue weighted by atomic mass is 9.28. The van der Waals surface area contributed by atoms with Crippen LogP contribution < -0.4 is 0 Å². The Morgan fingerprint density at radius 3 is 1.08 bits per heavy atom. The summed E-state index contributed by atoms with van der Waals surface area (Å²) in [6.45, 7) is 15.2. The molecule has 0 saturated carbocycles. The molecule has 0 aromatic heterocycles. The maximum atomic E-state index is 2.42. The Morgan fingerprint density at radius 1 is 0.692 bits per heavy atom. The van der Waals surface area contributed by atoms with Gasteiger partial charge >= 0.3 is 0 Å². The van der Waals surface area contributed by atoms with Crippen molar-refractivity contribution in [2.24, 2.45) is 0 Å². The summed E-state index contributed by atoms with van der Waals surface area (Å²) < 4.78 is 0. The van der Waals surface area contributed by atoms with Gasteiger partial charge in [-0.05, 0) is 0 Å². The molecule has 0 aliphatic rings. The fourth-order valence-corrected chi connectivity index (χ4v) is 2.50. The normalized spacial score (nSPS) is 18.0. The highest BCUT2D eigenvalue weighted by molar-refractivity contribution is 6.63. The van der Waals surface area contributed by atoms with E-state index in [-0.39, 0.29) is 0 Å². The highest BCUT2D eigenvalue weighted by Crippen LogP contribution is 2.35. The largest absolute Gasteiger partial charge is 0.148 e. The van der Waals surface area contributed by atoms with E-state index in [0.29, 0.717) is 0 Å². The summed E-state index contributed by atoms with van der Waals surface area (Å²) in [6.07, 6.45) is 4.00. The molecule has 0 amide bonds. The first-order valence-electron chi connectivity index (χ1n) is 6.08. The molecule has 0 aliphatic carbocycles. The molecule has 0 aliphatic heterocycles. The molecule has 1 heteroatoms. The van der Waals surface area contributed by atoms with Crippen molar-refractivity contribution in [3.63, 3.8) is 0 Å². The lowest BCUT2D eigenvalue weighted by molar-refractivity contribution is 0.720. The summed E-state index contributed by atoms with van der Waals surface area (Å²) in [6, 6.07) is 0. The Hall–Kier alpha value is 0.0649. The van der Waals surface area contributed by atoms with Gasteiger partial charge < -0.3 is 0 Å². The second kappa shape index (κ2) is 6.51. The van der Waals surface area contributed by atoms with Gasteiger partial charge in [0.2, 0.25) is 0 Å². The van der Waals surface area contributed by atoms with Crippen LogP contribution in [0.2, 0.25) is 17.5 Å². The summed E-state index contributed by atoms with van der Waals surface area (Å²) in [5.74, 6) is 2.68. The lowest BCUT2D eigenvalue weighted by Gasteiger charge is -2.30. The van der Waals surface area contributed by atoms with Crippen LogP contribution in [0.15, 0.2) is 0 Å². The van der Waals surface area contributed by atoms with Crippen molar-refractivity contribution in [1.29, 1.82) is 0 Å². The quantitative estimate of drug-likeness (QED) is 0.513. The van der Waals surface area contributed by atoms with Gasteiger partial charge in [0.1, 0.15) is 6.71 Å². The molecule has 0 saturated heterocycles. The minimum Gasteiger partial charge on any atom is -0.0691 e. The molecule has 0 nitrogen and oxygen atoms in total. The molecule has 78 valence electrons. The monoisotopic (exact) mass is 182 g/mol. The van der Waals surface area contributed by atoms with Crippen molar-refractivity contribution < 1.29 is 0 Å². The minimum atomic E-state index is 0.893. The van der Waals surface area contributed by atoms with Gasteiger partial charge in [0.25, 0.3) is 0 Å². The fraction of sp³-hybridized carbons (Fsp3) is 1.00. The van der Waals surface area contributed by atoms with E-state index < -0.39 is 0 Å². The first kappa shape index (κ1) is 13.1. The maximum absolute atomic E-state index is 2.42. The van der Waals surface area contributed by atoms with E-state index in [1.54, 1.807) is 0 Å². The third-order valence-corrected chi connectivity index (χ3v) is 3.90. The molecular weight excluding hydrogens is 155 g/mol. The second-order valence-corrected chi connectivity index (χ2v) is 4.73. The molecule has 0 heterocycles. The maximum Gasteiger partial charge on any atom is 0.148 e. The van der Waals surface area contributed by atoms with Gasteiger partial charge in [-0.25, -0.2) is 0 Å². The van der Waals surface area contributed by atoms with Gasteiger partial charge in [-0.3, -0.25) is 0 Å². The Morgan fingerprint density at radius 2 is 0.923 bits per heavy atom. The second-order valence-electron chi connectivity index (χ2n) is 4.73. The third kappa shape index (κ3) is 3.75. The van der Waals surface area contributed by atoms with Crippen LogP contribution in [-0.4, -0.2) is 6.71 Å². The van der Waals surface area contributed by atoms with Gasteiger partial charge in [0, 0.05) is 0 Å². The summed E-state index contributed by atoms with van der Waals surface area (Å²) in [4.78, 5) is 0. The molecule has 0 N–H and O–H groups in total. The van der Waals surface area contributed by atoms with Crippen LogP contribution in [-0.2, 0) is 0 Å². The van der Waals surface area contributed by atoms with E-state index in [1.807, 2.05) is 0 Å². The lowest BCUT2D eigenvalue weighted by Crippen LogP contribution is -2.28. The Kier molecular flexibility index (Phi) is 6.54. The molecule has 0 spiro atoms. The van der Waals surface area contributed by atoms with E-state index >= 15 is 0 Å². The Labute approximate surface area is 85.6 Å². The zero-order valence-corrected chi connectivity index (χ0v) is 10.4. The topological polar surface area (TPSA) is 0 Å². The summed E-state index contributed by atoms with van der Waals surface area (Å²) in [5, 5.41) is 0. The van der Waals surface area contributed by atoms with Gasteiger partial charge in [0.05, 0.1) is 0 Å². The number of hydrogen-bond acceptors (Lipinski definition) is 0. The fourth-order valence-electron chi connectivity index (χ4n) is 2.50. The third-order valence-electron chi connectivity index (χ3n) is 3.90. The van der Waals surface area contributed by atoms with Crippen LogP contribution >= 0.6 is 0 Å². The highest BCUT2D eigenvalue weighted by atomic mass is 14.1. The van der Waals surface area contributed by atoms with Crippen LogP contribution in [0.25, 0.3) is 0 Å². The summed E-state index contributed by atoms with van der Waals surface area (Å²) >= 11 is 0. The molecule has 0 aromatic carbocycles. The molecule has 0 fully saturated rings. The molecule has 3 atom stereocenters. The summed E-state index contributed by atoms with van der Waals surface area (Å²) in [5.41, 5.74) is 0. The smallest absolute Gasteiger partial charge is 0.0691 e. The molecular formula is C12H27B. The van der Waals surface area contributed by atoms with Crippen molar-refractivity contribution in [1.82, 2.24) is 0 Å². The van der Waals surface area contributed by atoms with E-state index in [0.717, 1.165) is 24.2 Å². The van der Waals surface area contributed by atoms with E-state index in [2.05, 4.69) is 41.5 Å². The Balaban J connectivity index is 4.34. The zero-order chi connectivity index (χ0) is 10.4. The molecule has 0 rings (SSSR count). The first-order valence-corrected chi connectivity index (χ1v) is 6.08. The van der Waals surface area contributed by atoms with Gasteiger partial charge in [-0.15, -0.1) is 0 Å². The molecule has 0 bridgehead atoms. The first-order chi connectivity index (χ1) is 6.08. The number of rotatable bonds is 6. The standard InChI is InChI=1S/C12H27B/c1-7-10(4)13(11(5)8-2)12(6)9-3/h10-12H,7-9H2,1-6H3/t10-,11-,12-/m1/s1. The van der Waals surface area contributed by atoms with Crippen LogP contribution in [0, 0.1) is 0 Å².